The molecule has 0 bridgehead atoms. The largest absolute Gasteiger partial charge is 0.494 e. The number of carbonyl (C=O) groups is 1. The lowest BCUT2D eigenvalue weighted by atomic mass is 10.1. The zero-order valence-electron chi connectivity index (χ0n) is 15.7. The van der Waals surface area contributed by atoms with Crippen molar-refractivity contribution < 1.29 is 14.3 Å². The third-order valence-electron chi connectivity index (χ3n) is 4.01. The van der Waals surface area contributed by atoms with Crippen molar-refractivity contribution in [2.45, 2.75) is 20.8 Å². The number of aryl methyl sites for hydroxylation is 3. The molecule has 1 amide bonds. The molecule has 0 atom stereocenters. The molecule has 1 heterocycles. The number of nitrogens with zero attached hydrogens (tertiary/aromatic N) is 4. The third kappa shape index (κ3) is 4.22. The molecule has 0 aliphatic rings. The molecule has 8 nitrogen and oxygen atoms in total. The number of hydrogen-bond donors (Lipinski definition) is 1. The molecule has 0 unspecified atom stereocenters. The van der Waals surface area contributed by atoms with Crippen molar-refractivity contribution in [3.63, 3.8) is 0 Å². The Balaban J connectivity index is 1.71. The van der Waals surface area contributed by atoms with E-state index in [1.165, 1.54) is 0 Å². The maximum absolute atomic E-state index is 12.3. The van der Waals surface area contributed by atoms with Crippen LogP contribution in [0, 0.1) is 20.8 Å². The van der Waals surface area contributed by atoms with Crippen LogP contribution in [0.4, 0.5) is 5.69 Å². The number of methoxy groups -OCH3 is 1. The summed E-state index contributed by atoms with van der Waals surface area (Å²) in [6.07, 6.45) is 0. The molecule has 8 heteroatoms. The summed E-state index contributed by atoms with van der Waals surface area (Å²) in [5.41, 5.74) is 3.36. The van der Waals surface area contributed by atoms with Crippen LogP contribution in [0.25, 0.3) is 5.69 Å². The van der Waals surface area contributed by atoms with Gasteiger partial charge in [0.05, 0.1) is 7.11 Å². The van der Waals surface area contributed by atoms with Gasteiger partial charge in [0.2, 0.25) is 0 Å². The van der Waals surface area contributed by atoms with Crippen molar-refractivity contribution in [3.05, 3.63) is 53.3 Å². The summed E-state index contributed by atoms with van der Waals surface area (Å²) in [6.45, 7) is 5.65. The van der Waals surface area contributed by atoms with Gasteiger partial charge >= 0.3 is 0 Å². The van der Waals surface area contributed by atoms with Crippen LogP contribution < -0.4 is 14.8 Å². The van der Waals surface area contributed by atoms with Gasteiger partial charge in [-0.1, -0.05) is 17.7 Å². The fourth-order valence-corrected chi connectivity index (χ4v) is 2.69. The first-order chi connectivity index (χ1) is 13.0. The molecule has 1 N–H and O–H groups in total. The van der Waals surface area contributed by atoms with Crippen LogP contribution in [0.5, 0.6) is 11.5 Å². The Morgan fingerprint density at radius 1 is 1.11 bits per heavy atom. The number of anilines is 1. The van der Waals surface area contributed by atoms with E-state index in [0.717, 1.165) is 11.1 Å². The molecule has 0 aliphatic heterocycles. The van der Waals surface area contributed by atoms with Crippen molar-refractivity contribution in [2.75, 3.05) is 19.0 Å². The molecular formula is C19H21N5O3. The highest BCUT2D eigenvalue weighted by atomic mass is 16.5. The molecule has 0 saturated carbocycles. The molecule has 2 aromatic carbocycles. The maximum atomic E-state index is 12.3. The van der Waals surface area contributed by atoms with E-state index in [1.807, 2.05) is 32.0 Å². The van der Waals surface area contributed by atoms with Crippen molar-refractivity contribution in [2.24, 2.45) is 0 Å². The van der Waals surface area contributed by atoms with Crippen molar-refractivity contribution in [3.8, 4) is 17.2 Å². The fourth-order valence-electron chi connectivity index (χ4n) is 2.69. The minimum absolute atomic E-state index is 0.0881. The number of rotatable bonds is 6. The fraction of sp³-hybridized carbons (Fsp3) is 0.263. The van der Waals surface area contributed by atoms with Crippen LogP contribution in [0.3, 0.4) is 0 Å². The average Bonchev–Trinajstić information content (AvgIpc) is 3.06. The number of benzene rings is 2. The normalized spacial score (nSPS) is 10.5. The van der Waals surface area contributed by atoms with Crippen LogP contribution >= 0.6 is 0 Å². The summed E-state index contributed by atoms with van der Waals surface area (Å²) in [7, 11) is 1.56. The van der Waals surface area contributed by atoms with Crippen LogP contribution in [0.2, 0.25) is 0 Å². The molecule has 1 aromatic heterocycles. The lowest BCUT2D eigenvalue weighted by molar-refractivity contribution is -0.118. The molecule has 0 fully saturated rings. The van der Waals surface area contributed by atoms with Crippen molar-refractivity contribution >= 4 is 11.6 Å². The van der Waals surface area contributed by atoms with Gasteiger partial charge < -0.3 is 14.8 Å². The van der Waals surface area contributed by atoms with Crippen LogP contribution in [0.15, 0.2) is 36.4 Å². The highest BCUT2D eigenvalue weighted by Crippen LogP contribution is 2.26. The maximum Gasteiger partial charge on any atom is 0.262 e. The summed E-state index contributed by atoms with van der Waals surface area (Å²) in [5.74, 6) is 1.62. The minimum Gasteiger partial charge on any atom is -0.494 e. The van der Waals surface area contributed by atoms with Gasteiger partial charge in [0.15, 0.2) is 12.4 Å². The van der Waals surface area contributed by atoms with Gasteiger partial charge in [-0.2, -0.15) is 4.68 Å². The number of aromatic nitrogens is 4. The minimum atomic E-state index is -0.264. The Kier molecular flexibility index (Phi) is 5.35. The Hall–Kier alpha value is -3.42. The second kappa shape index (κ2) is 7.86. The van der Waals surface area contributed by atoms with E-state index >= 15 is 0 Å². The number of carbonyl (C=O) groups excluding carboxylic acids is 1. The lowest BCUT2D eigenvalue weighted by Crippen LogP contribution is -2.20. The first-order valence-electron chi connectivity index (χ1n) is 8.41. The quantitative estimate of drug-likeness (QED) is 0.720. The summed E-state index contributed by atoms with van der Waals surface area (Å²) in [4.78, 5) is 12.3. The Labute approximate surface area is 157 Å². The molecule has 0 saturated heterocycles. The number of hydrogen-bond acceptors (Lipinski definition) is 6. The topological polar surface area (TPSA) is 91.2 Å². The predicted octanol–water partition coefficient (Wildman–Crippen LogP) is 2.61. The zero-order valence-corrected chi connectivity index (χ0v) is 15.7. The standard InChI is InChI=1S/C19H21N5O3/c1-12-5-7-17(13(2)9-12)27-11-19(25)20-15-6-8-18(26-4)16(10-15)24-14(3)21-22-23-24/h5-10H,11H2,1-4H3,(H,20,25). The van der Waals surface area contributed by atoms with Gasteiger partial charge in [0.1, 0.15) is 17.2 Å². The Morgan fingerprint density at radius 2 is 1.89 bits per heavy atom. The van der Waals surface area contributed by atoms with E-state index in [0.29, 0.717) is 28.7 Å². The number of ether oxygens (including phenoxy) is 2. The highest BCUT2D eigenvalue weighted by molar-refractivity contribution is 5.92. The number of amides is 1. The Morgan fingerprint density at radius 3 is 2.56 bits per heavy atom. The van der Waals surface area contributed by atoms with Crippen molar-refractivity contribution in [1.29, 1.82) is 0 Å². The van der Waals surface area contributed by atoms with Crippen molar-refractivity contribution in [1.82, 2.24) is 20.2 Å². The molecule has 140 valence electrons. The molecule has 0 aliphatic carbocycles. The van der Waals surface area contributed by atoms with Crippen LogP contribution in [-0.4, -0.2) is 39.8 Å². The second-order valence-electron chi connectivity index (χ2n) is 6.13. The summed E-state index contributed by atoms with van der Waals surface area (Å²) in [6, 6.07) is 11.1. The molecular weight excluding hydrogens is 346 g/mol. The van der Waals surface area contributed by atoms with Crippen LogP contribution in [0.1, 0.15) is 17.0 Å². The van der Waals surface area contributed by atoms with Gasteiger partial charge in [0.25, 0.3) is 5.91 Å². The second-order valence-corrected chi connectivity index (χ2v) is 6.13. The molecule has 0 spiro atoms. The zero-order chi connectivity index (χ0) is 19.4. The molecule has 0 radical (unpaired) electrons. The molecule has 27 heavy (non-hydrogen) atoms. The lowest BCUT2D eigenvalue weighted by Gasteiger charge is -2.13. The van der Waals surface area contributed by atoms with Gasteiger partial charge in [0, 0.05) is 5.69 Å². The van der Waals surface area contributed by atoms with E-state index in [9.17, 15) is 4.79 Å². The van der Waals surface area contributed by atoms with Gasteiger partial charge in [-0.05, 0) is 61.0 Å². The molecule has 3 aromatic rings. The van der Waals surface area contributed by atoms with Gasteiger partial charge in [-0.3, -0.25) is 4.79 Å². The first kappa shape index (κ1) is 18.4. The summed E-state index contributed by atoms with van der Waals surface area (Å²) < 4.78 is 12.5. The Bertz CT molecular complexity index is 968. The predicted molar refractivity (Wildman–Crippen MR) is 100 cm³/mol. The number of nitrogens with one attached hydrogen (secondary N) is 1. The summed E-state index contributed by atoms with van der Waals surface area (Å²) in [5, 5.41) is 14.3. The number of tetrazole rings is 1. The highest BCUT2D eigenvalue weighted by Gasteiger charge is 2.13. The summed E-state index contributed by atoms with van der Waals surface area (Å²) >= 11 is 0. The van der Waals surface area contributed by atoms with E-state index in [4.69, 9.17) is 9.47 Å². The van der Waals surface area contributed by atoms with E-state index in [2.05, 4.69) is 20.8 Å². The van der Waals surface area contributed by atoms with E-state index in [1.54, 1.807) is 36.9 Å². The molecule has 3 rings (SSSR count). The monoisotopic (exact) mass is 367 g/mol. The SMILES string of the molecule is COc1ccc(NC(=O)COc2ccc(C)cc2C)cc1-n1nnnc1C. The smallest absolute Gasteiger partial charge is 0.262 e. The third-order valence-corrected chi connectivity index (χ3v) is 4.01. The first-order valence-corrected chi connectivity index (χ1v) is 8.41. The van der Waals surface area contributed by atoms with E-state index < -0.39 is 0 Å². The van der Waals surface area contributed by atoms with Gasteiger partial charge in [-0.25, -0.2) is 0 Å². The van der Waals surface area contributed by atoms with E-state index in [-0.39, 0.29) is 12.5 Å². The average molecular weight is 367 g/mol. The van der Waals surface area contributed by atoms with Crippen LogP contribution in [-0.2, 0) is 4.79 Å². The van der Waals surface area contributed by atoms with Gasteiger partial charge in [-0.15, -0.1) is 5.10 Å².